The molecule has 0 spiro atoms. The molecule has 3 amide bonds. The molecule has 4 bridgehead atoms. The number of methoxy groups -OCH3 is 1. The van der Waals surface area contributed by atoms with Crippen LogP contribution in [0.4, 0.5) is 0 Å². The first-order valence-electron chi connectivity index (χ1n) is 13.4. The third-order valence-electron chi connectivity index (χ3n) is 6.98. The maximum absolute atomic E-state index is 13.1. The van der Waals surface area contributed by atoms with Crippen LogP contribution in [-0.2, 0) is 16.1 Å². The smallest absolute Gasteiger partial charge is 0.264 e. The summed E-state index contributed by atoms with van der Waals surface area (Å²) >= 11 is 1.47. The van der Waals surface area contributed by atoms with Crippen molar-refractivity contribution < 1.29 is 28.6 Å². The van der Waals surface area contributed by atoms with Crippen LogP contribution in [0.1, 0.15) is 49.7 Å². The van der Waals surface area contributed by atoms with Gasteiger partial charge in [0.1, 0.15) is 17.2 Å². The second kappa shape index (κ2) is 12.5. The van der Waals surface area contributed by atoms with E-state index >= 15 is 0 Å². The highest BCUT2D eigenvalue weighted by Crippen LogP contribution is 2.29. The molecule has 5 rings (SSSR count). The van der Waals surface area contributed by atoms with Gasteiger partial charge in [0.2, 0.25) is 5.91 Å². The standard InChI is InChI=1S/C30H33N3O6S/c1-19-8-9-27(40-19)30(36)33-12-10-26-25(17-33)32-28(34)7-4-11-31-29(35)21-14-23(37-2)16-24(15-21)39-22-6-3-5-20(13-22)18-38-26/h3,5-6,8-9,13-16,25-26H,4,7,10-12,17-18H2,1-2H3,(H,31,35)(H,32,34)/t25-,26-/m0/s1. The minimum absolute atomic E-state index is 0.0299. The van der Waals surface area contributed by atoms with Crippen molar-refractivity contribution in [3.63, 3.8) is 0 Å². The van der Waals surface area contributed by atoms with Crippen molar-refractivity contribution in [1.29, 1.82) is 0 Å². The Morgan fingerprint density at radius 3 is 2.77 bits per heavy atom. The lowest BCUT2D eigenvalue weighted by Gasteiger charge is -2.38. The van der Waals surface area contributed by atoms with Crippen LogP contribution in [-0.4, -0.2) is 61.5 Å². The molecule has 1 saturated heterocycles. The largest absolute Gasteiger partial charge is 0.497 e. The van der Waals surface area contributed by atoms with Crippen molar-refractivity contribution in [1.82, 2.24) is 15.5 Å². The van der Waals surface area contributed by atoms with E-state index in [2.05, 4.69) is 10.6 Å². The number of carbonyl (C=O) groups is 3. The molecule has 2 aliphatic rings. The van der Waals surface area contributed by atoms with Gasteiger partial charge in [0.25, 0.3) is 11.8 Å². The highest BCUT2D eigenvalue weighted by Gasteiger charge is 2.34. The van der Waals surface area contributed by atoms with E-state index in [9.17, 15) is 14.4 Å². The van der Waals surface area contributed by atoms with Crippen molar-refractivity contribution in [3.05, 3.63) is 75.5 Å². The normalized spacial score (nSPS) is 20.2. The molecule has 0 saturated carbocycles. The van der Waals surface area contributed by atoms with Gasteiger partial charge in [0.05, 0.1) is 30.7 Å². The van der Waals surface area contributed by atoms with Gasteiger partial charge in [-0.05, 0) is 61.7 Å². The molecular formula is C30H33N3O6S. The summed E-state index contributed by atoms with van der Waals surface area (Å²) in [6, 6.07) is 16.0. The molecule has 10 heteroatoms. The lowest BCUT2D eigenvalue weighted by molar-refractivity contribution is -0.124. The summed E-state index contributed by atoms with van der Waals surface area (Å²) < 4.78 is 17.8. The molecule has 1 fully saturated rings. The quantitative estimate of drug-likeness (QED) is 0.482. The van der Waals surface area contributed by atoms with Crippen molar-refractivity contribution >= 4 is 29.1 Å². The molecule has 3 heterocycles. The zero-order valence-corrected chi connectivity index (χ0v) is 23.4. The number of benzene rings is 2. The van der Waals surface area contributed by atoms with Crippen LogP contribution in [0.15, 0.2) is 54.6 Å². The van der Waals surface area contributed by atoms with Gasteiger partial charge in [-0.15, -0.1) is 11.3 Å². The van der Waals surface area contributed by atoms with Crippen LogP contribution in [0.5, 0.6) is 17.2 Å². The maximum atomic E-state index is 13.1. The summed E-state index contributed by atoms with van der Waals surface area (Å²) in [4.78, 5) is 42.4. The summed E-state index contributed by atoms with van der Waals surface area (Å²) in [6.07, 6.45) is 1.03. The Morgan fingerprint density at radius 1 is 1.10 bits per heavy atom. The number of carbonyl (C=O) groups excluding carboxylic acids is 3. The second-order valence-electron chi connectivity index (χ2n) is 9.98. The molecular weight excluding hydrogens is 530 g/mol. The number of nitrogens with zero attached hydrogens (tertiary/aromatic N) is 1. The average Bonchev–Trinajstić information content (AvgIpc) is 3.39. The molecule has 0 unspecified atom stereocenters. The highest BCUT2D eigenvalue weighted by molar-refractivity contribution is 7.13. The number of rotatable bonds is 2. The van der Waals surface area contributed by atoms with Gasteiger partial charge >= 0.3 is 0 Å². The Labute approximate surface area is 237 Å². The fourth-order valence-electron chi connectivity index (χ4n) is 4.91. The number of piperidine rings is 1. The molecule has 210 valence electrons. The van der Waals surface area contributed by atoms with Crippen LogP contribution in [0.25, 0.3) is 0 Å². The molecule has 0 aliphatic carbocycles. The van der Waals surface area contributed by atoms with E-state index in [4.69, 9.17) is 14.2 Å². The molecule has 3 aromatic rings. The van der Waals surface area contributed by atoms with Crippen molar-refractivity contribution in [2.45, 2.75) is 44.9 Å². The van der Waals surface area contributed by atoms with Gasteiger partial charge in [0, 0.05) is 42.6 Å². The Morgan fingerprint density at radius 2 is 1.98 bits per heavy atom. The molecule has 2 aliphatic heterocycles. The lowest BCUT2D eigenvalue weighted by Crippen LogP contribution is -2.57. The number of hydrogen-bond donors (Lipinski definition) is 2. The fourth-order valence-corrected chi connectivity index (χ4v) is 5.74. The van der Waals surface area contributed by atoms with Crippen LogP contribution < -0.4 is 20.1 Å². The van der Waals surface area contributed by atoms with Crippen molar-refractivity contribution in [3.8, 4) is 17.2 Å². The van der Waals surface area contributed by atoms with Gasteiger partial charge in [-0.1, -0.05) is 12.1 Å². The number of thiophene rings is 1. The molecule has 40 heavy (non-hydrogen) atoms. The summed E-state index contributed by atoms with van der Waals surface area (Å²) in [5.74, 6) is 1.12. The van der Waals surface area contributed by atoms with Crippen LogP contribution in [0, 0.1) is 6.92 Å². The fraction of sp³-hybridized carbons (Fsp3) is 0.367. The number of hydrogen-bond acceptors (Lipinski definition) is 7. The van der Waals surface area contributed by atoms with Gasteiger partial charge in [-0.3, -0.25) is 14.4 Å². The zero-order valence-electron chi connectivity index (χ0n) is 22.6. The molecule has 2 aromatic carbocycles. The maximum Gasteiger partial charge on any atom is 0.264 e. The van der Waals surface area contributed by atoms with Crippen LogP contribution in [0.2, 0.25) is 0 Å². The third kappa shape index (κ3) is 6.81. The van der Waals surface area contributed by atoms with E-state index in [1.165, 1.54) is 18.4 Å². The van der Waals surface area contributed by atoms with Crippen LogP contribution in [0.3, 0.4) is 0 Å². The molecule has 2 atom stereocenters. The molecule has 2 N–H and O–H groups in total. The average molecular weight is 564 g/mol. The second-order valence-corrected chi connectivity index (χ2v) is 11.3. The van der Waals surface area contributed by atoms with E-state index in [1.54, 1.807) is 23.1 Å². The van der Waals surface area contributed by atoms with E-state index in [0.29, 0.717) is 66.8 Å². The summed E-state index contributed by atoms with van der Waals surface area (Å²) in [5, 5.41) is 5.96. The van der Waals surface area contributed by atoms with E-state index in [1.807, 2.05) is 43.3 Å². The monoisotopic (exact) mass is 563 g/mol. The predicted molar refractivity (Wildman–Crippen MR) is 151 cm³/mol. The first kappa shape index (κ1) is 27.7. The summed E-state index contributed by atoms with van der Waals surface area (Å²) in [5.41, 5.74) is 1.30. The van der Waals surface area contributed by atoms with E-state index < -0.39 is 0 Å². The van der Waals surface area contributed by atoms with Gasteiger partial charge in [0.15, 0.2) is 0 Å². The van der Waals surface area contributed by atoms with Gasteiger partial charge in [-0.25, -0.2) is 0 Å². The molecule has 1 aromatic heterocycles. The first-order chi connectivity index (χ1) is 19.4. The minimum atomic E-state index is -0.355. The number of ether oxygens (including phenoxy) is 3. The van der Waals surface area contributed by atoms with E-state index in [0.717, 1.165) is 10.4 Å². The SMILES string of the molecule is COc1cc2cc(c1)C(=O)NCCCC(=O)N[C@H]1CN(C(=O)c3ccc(C)s3)CC[C@@H]1OCc1cccc(c1)O2. The molecule has 9 nitrogen and oxygen atoms in total. The predicted octanol–water partition coefficient (Wildman–Crippen LogP) is 4.30. The van der Waals surface area contributed by atoms with Crippen molar-refractivity contribution in [2.24, 2.45) is 0 Å². The van der Waals surface area contributed by atoms with Crippen molar-refractivity contribution in [2.75, 3.05) is 26.7 Å². The highest BCUT2D eigenvalue weighted by atomic mass is 32.1. The van der Waals surface area contributed by atoms with Crippen LogP contribution >= 0.6 is 11.3 Å². The molecule has 0 radical (unpaired) electrons. The lowest BCUT2D eigenvalue weighted by atomic mass is 10.0. The number of likely N-dealkylation sites (tertiary alicyclic amines) is 1. The number of nitrogens with one attached hydrogen (secondary N) is 2. The summed E-state index contributed by atoms with van der Waals surface area (Å²) in [6.45, 7) is 3.53. The Kier molecular flexibility index (Phi) is 8.66. The Bertz CT molecular complexity index is 1390. The zero-order chi connectivity index (χ0) is 28.1. The number of aryl methyl sites for hydroxylation is 1. The summed E-state index contributed by atoms with van der Waals surface area (Å²) in [7, 11) is 1.53. The Hall–Kier alpha value is -3.89. The number of fused-ring (bicyclic) bond motifs is 5. The Balaban J connectivity index is 1.36. The topological polar surface area (TPSA) is 106 Å². The first-order valence-corrected chi connectivity index (χ1v) is 14.2. The van der Waals surface area contributed by atoms with Gasteiger partial charge in [-0.2, -0.15) is 0 Å². The minimum Gasteiger partial charge on any atom is -0.497 e. The van der Waals surface area contributed by atoms with E-state index in [-0.39, 0.29) is 36.3 Å². The number of amides is 3. The third-order valence-corrected chi connectivity index (χ3v) is 7.97. The van der Waals surface area contributed by atoms with Gasteiger partial charge < -0.3 is 29.7 Å².